The van der Waals surface area contributed by atoms with Crippen LogP contribution in [-0.4, -0.2) is 20.6 Å². The molecule has 0 saturated heterocycles. The molecule has 0 spiro atoms. The van der Waals surface area contributed by atoms with E-state index in [0.29, 0.717) is 11.8 Å². The lowest BCUT2D eigenvalue weighted by Gasteiger charge is -2.22. The highest BCUT2D eigenvalue weighted by molar-refractivity contribution is 5.54. The molecule has 2 aromatic rings. The Morgan fingerprint density at radius 3 is 2.05 bits per heavy atom. The third kappa shape index (κ3) is 4.25. The van der Waals surface area contributed by atoms with Crippen LogP contribution < -0.4 is 10.2 Å². The summed E-state index contributed by atoms with van der Waals surface area (Å²) in [4.78, 5) is 2.12. The predicted molar refractivity (Wildman–Crippen MR) is 93.3 cm³/mol. The standard InChI is InChI=1S/C19H26N2/c1-15(2)19(16-8-6-5-7-9-16)14-20-17-10-12-18(13-11-17)21(3)4/h5-13,15,19-20H,14H2,1-4H3. The van der Waals surface area contributed by atoms with Gasteiger partial charge >= 0.3 is 0 Å². The Morgan fingerprint density at radius 1 is 0.905 bits per heavy atom. The summed E-state index contributed by atoms with van der Waals surface area (Å²) in [6.45, 7) is 5.53. The largest absolute Gasteiger partial charge is 0.384 e. The SMILES string of the molecule is CC(C)C(CNc1ccc(N(C)C)cc1)c1ccccc1. The number of hydrogen-bond acceptors (Lipinski definition) is 2. The molecule has 1 N–H and O–H groups in total. The Hall–Kier alpha value is -1.96. The van der Waals surface area contributed by atoms with Gasteiger partial charge in [0, 0.05) is 37.9 Å². The summed E-state index contributed by atoms with van der Waals surface area (Å²) >= 11 is 0. The van der Waals surface area contributed by atoms with Crippen molar-refractivity contribution in [1.82, 2.24) is 0 Å². The summed E-state index contributed by atoms with van der Waals surface area (Å²) in [5.41, 5.74) is 3.82. The van der Waals surface area contributed by atoms with E-state index < -0.39 is 0 Å². The molecule has 0 amide bonds. The van der Waals surface area contributed by atoms with Crippen molar-refractivity contribution < 1.29 is 0 Å². The second kappa shape index (κ2) is 7.16. The van der Waals surface area contributed by atoms with E-state index in [1.807, 2.05) is 0 Å². The van der Waals surface area contributed by atoms with Gasteiger partial charge in [-0.25, -0.2) is 0 Å². The average molecular weight is 282 g/mol. The quantitative estimate of drug-likeness (QED) is 0.832. The van der Waals surface area contributed by atoms with Gasteiger partial charge in [0.1, 0.15) is 0 Å². The molecule has 1 atom stereocenters. The summed E-state index contributed by atoms with van der Waals surface area (Å²) < 4.78 is 0. The molecule has 0 radical (unpaired) electrons. The Balaban J connectivity index is 2.02. The van der Waals surface area contributed by atoms with Gasteiger partial charge in [0.05, 0.1) is 0 Å². The number of rotatable bonds is 6. The van der Waals surface area contributed by atoms with E-state index in [2.05, 4.69) is 92.8 Å². The fourth-order valence-corrected chi connectivity index (χ4v) is 2.54. The van der Waals surface area contributed by atoms with E-state index in [1.54, 1.807) is 0 Å². The molecule has 2 aromatic carbocycles. The van der Waals surface area contributed by atoms with E-state index in [-0.39, 0.29) is 0 Å². The summed E-state index contributed by atoms with van der Waals surface area (Å²) in [5, 5.41) is 3.57. The van der Waals surface area contributed by atoms with Gasteiger partial charge in [0.15, 0.2) is 0 Å². The van der Waals surface area contributed by atoms with Crippen LogP contribution in [-0.2, 0) is 0 Å². The Labute approximate surface area is 128 Å². The Bertz CT molecular complexity index is 529. The van der Waals surface area contributed by atoms with Gasteiger partial charge in [-0.15, -0.1) is 0 Å². The Kier molecular flexibility index (Phi) is 5.26. The van der Waals surface area contributed by atoms with Crippen molar-refractivity contribution in [2.24, 2.45) is 5.92 Å². The second-order valence-electron chi connectivity index (χ2n) is 6.08. The molecular formula is C19H26N2. The molecule has 0 bridgehead atoms. The second-order valence-corrected chi connectivity index (χ2v) is 6.08. The van der Waals surface area contributed by atoms with E-state index >= 15 is 0 Å². The predicted octanol–water partition coefficient (Wildman–Crippen LogP) is 4.60. The number of anilines is 2. The summed E-state index contributed by atoms with van der Waals surface area (Å²) in [7, 11) is 4.12. The minimum atomic E-state index is 0.528. The van der Waals surface area contributed by atoms with Crippen LogP contribution in [0.3, 0.4) is 0 Å². The van der Waals surface area contributed by atoms with Crippen LogP contribution >= 0.6 is 0 Å². The Morgan fingerprint density at radius 2 is 1.52 bits per heavy atom. The molecule has 112 valence electrons. The van der Waals surface area contributed by atoms with Gasteiger partial charge in [0.2, 0.25) is 0 Å². The monoisotopic (exact) mass is 282 g/mol. The molecule has 21 heavy (non-hydrogen) atoms. The smallest absolute Gasteiger partial charge is 0.0362 e. The van der Waals surface area contributed by atoms with Crippen molar-refractivity contribution >= 4 is 11.4 Å². The fourth-order valence-electron chi connectivity index (χ4n) is 2.54. The first kappa shape index (κ1) is 15.4. The highest BCUT2D eigenvalue weighted by Crippen LogP contribution is 2.25. The number of benzene rings is 2. The third-order valence-electron chi connectivity index (χ3n) is 3.94. The first-order valence-electron chi connectivity index (χ1n) is 7.64. The van der Waals surface area contributed by atoms with E-state index in [1.165, 1.54) is 16.9 Å². The van der Waals surface area contributed by atoms with Crippen molar-refractivity contribution in [3.63, 3.8) is 0 Å². The van der Waals surface area contributed by atoms with Crippen LogP contribution in [0.25, 0.3) is 0 Å². The van der Waals surface area contributed by atoms with Crippen LogP contribution in [0.2, 0.25) is 0 Å². The minimum absolute atomic E-state index is 0.528. The van der Waals surface area contributed by atoms with Crippen LogP contribution in [0.5, 0.6) is 0 Å². The van der Waals surface area contributed by atoms with E-state index in [0.717, 1.165) is 6.54 Å². The van der Waals surface area contributed by atoms with Gasteiger partial charge in [-0.05, 0) is 35.7 Å². The highest BCUT2D eigenvalue weighted by atomic mass is 15.1. The lowest BCUT2D eigenvalue weighted by Crippen LogP contribution is -2.17. The minimum Gasteiger partial charge on any atom is -0.384 e. The molecule has 2 nitrogen and oxygen atoms in total. The zero-order valence-electron chi connectivity index (χ0n) is 13.5. The van der Waals surface area contributed by atoms with Crippen LogP contribution in [0.4, 0.5) is 11.4 Å². The van der Waals surface area contributed by atoms with Crippen molar-refractivity contribution in [2.75, 3.05) is 30.9 Å². The molecule has 0 aliphatic heterocycles. The van der Waals surface area contributed by atoms with Crippen molar-refractivity contribution in [1.29, 1.82) is 0 Å². The summed E-state index contributed by atoms with van der Waals surface area (Å²) in [6.07, 6.45) is 0. The maximum absolute atomic E-state index is 3.57. The van der Waals surface area contributed by atoms with Crippen molar-refractivity contribution in [3.8, 4) is 0 Å². The molecule has 2 rings (SSSR count). The summed E-state index contributed by atoms with van der Waals surface area (Å²) in [6, 6.07) is 19.4. The van der Waals surface area contributed by atoms with Crippen LogP contribution in [0.1, 0.15) is 25.3 Å². The highest BCUT2D eigenvalue weighted by Gasteiger charge is 2.15. The van der Waals surface area contributed by atoms with Gasteiger partial charge in [-0.2, -0.15) is 0 Å². The molecule has 0 heterocycles. The molecule has 0 aliphatic rings. The zero-order valence-corrected chi connectivity index (χ0v) is 13.5. The topological polar surface area (TPSA) is 15.3 Å². The first-order chi connectivity index (χ1) is 10.1. The number of nitrogens with zero attached hydrogens (tertiary/aromatic N) is 1. The van der Waals surface area contributed by atoms with E-state index in [4.69, 9.17) is 0 Å². The van der Waals surface area contributed by atoms with Crippen molar-refractivity contribution in [3.05, 3.63) is 60.2 Å². The number of hydrogen-bond donors (Lipinski definition) is 1. The first-order valence-corrected chi connectivity index (χ1v) is 7.64. The normalized spacial score (nSPS) is 12.2. The van der Waals surface area contributed by atoms with Gasteiger partial charge in [-0.1, -0.05) is 44.2 Å². The van der Waals surface area contributed by atoms with Gasteiger partial charge in [-0.3, -0.25) is 0 Å². The van der Waals surface area contributed by atoms with E-state index in [9.17, 15) is 0 Å². The fraction of sp³-hybridized carbons (Fsp3) is 0.368. The lowest BCUT2D eigenvalue weighted by atomic mass is 9.88. The van der Waals surface area contributed by atoms with Crippen molar-refractivity contribution in [2.45, 2.75) is 19.8 Å². The lowest BCUT2D eigenvalue weighted by molar-refractivity contribution is 0.517. The average Bonchev–Trinajstić information content (AvgIpc) is 2.48. The molecule has 0 saturated carbocycles. The van der Waals surface area contributed by atoms with Crippen LogP contribution in [0.15, 0.2) is 54.6 Å². The maximum atomic E-state index is 3.57. The maximum Gasteiger partial charge on any atom is 0.0362 e. The van der Waals surface area contributed by atoms with Crippen LogP contribution in [0, 0.1) is 5.92 Å². The molecule has 0 fully saturated rings. The third-order valence-corrected chi connectivity index (χ3v) is 3.94. The van der Waals surface area contributed by atoms with Gasteiger partial charge in [0.25, 0.3) is 0 Å². The molecule has 0 aliphatic carbocycles. The zero-order chi connectivity index (χ0) is 15.2. The molecule has 1 unspecified atom stereocenters. The van der Waals surface area contributed by atoms with Gasteiger partial charge < -0.3 is 10.2 Å². The molecular weight excluding hydrogens is 256 g/mol. The molecule has 2 heteroatoms. The number of nitrogens with one attached hydrogen (secondary N) is 1. The summed E-state index contributed by atoms with van der Waals surface area (Å²) in [5.74, 6) is 1.14. The molecule has 0 aromatic heterocycles.